The lowest BCUT2D eigenvalue weighted by Gasteiger charge is -2.11. The van der Waals surface area contributed by atoms with Crippen LogP contribution in [-0.2, 0) is 17.9 Å². The molecular formula is C20H24N6O2. The summed E-state index contributed by atoms with van der Waals surface area (Å²) in [6.07, 6.45) is 8.92. The van der Waals surface area contributed by atoms with Gasteiger partial charge in [0.05, 0.1) is 18.4 Å². The van der Waals surface area contributed by atoms with Crippen molar-refractivity contribution >= 4 is 17.7 Å². The van der Waals surface area contributed by atoms with E-state index in [0.717, 1.165) is 22.5 Å². The van der Waals surface area contributed by atoms with Gasteiger partial charge in [-0.25, -0.2) is 5.43 Å². The Balaban J connectivity index is 1.75. The summed E-state index contributed by atoms with van der Waals surface area (Å²) in [4.78, 5) is 24.0. The van der Waals surface area contributed by atoms with Gasteiger partial charge >= 0.3 is 0 Å². The predicted molar refractivity (Wildman–Crippen MR) is 105 cm³/mol. The third-order valence-electron chi connectivity index (χ3n) is 5.01. The summed E-state index contributed by atoms with van der Waals surface area (Å²) in [5.74, 6) is -0.0612. The standard InChI is InChI=1S/C20H24N6O2/c1-11(2)18-14(8-23-12-3-4-12)17(10-27)24-15(18)7-13-19(25-26-20(13)28)16-9-21-5-6-22-16/h5-7,9,11-12,23-24,27H,3-4,8,10H2,1-2H3,(H,26,28). The number of aliphatic hydroxyl groups excluding tert-OH is 1. The first-order valence-electron chi connectivity index (χ1n) is 9.52. The highest BCUT2D eigenvalue weighted by Gasteiger charge is 2.28. The summed E-state index contributed by atoms with van der Waals surface area (Å²) >= 11 is 0. The minimum Gasteiger partial charge on any atom is -0.390 e. The summed E-state index contributed by atoms with van der Waals surface area (Å²) in [7, 11) is 0. The molecule has 4 N–H and O–H groups in total. The first-order chi connectivity index (χ1) is 13.6. The molecular weight excluding hydrogens is 356 g/mol. The van der Waals surface area contributed by atoms with Crippen molar-refractivity contribution in [1.82, 2.24) is 25.7 Å². The maximum Gasteiger partial charge on any atom is 0.273 e. The fourth-order valence-electron chi connectivity index (χ4n) is 3.50. The predicted octanol–water partition coefficient (Wildman–Crippen LogP) is 1.59. The number of nitrogens with one attached hydrogen (secondary N) is 3. The number of hydrogen-bond donors (Lipinski definition) is 4. The van der Waals surface area contributed by atoms with Crippen LogP contribution in [0.1, 0.15) is 60.8 Å². The van der Waals surface area contributed by atoms with Crippen LogP contribution in [0.15, 0.2) is 29.3 Å². The Morgan fingerprint density at radius 3 is 2.82 bits per heavy atom. The Kier molecular flexibility index (Phi) is 5.06. The molecule has 1 saturated carbocycles. The molecule has 146 valence electrons. The van der Waals surface area contributed by atoms with Crippen molar-refractivity contribution in [2.75, 3.05) is 0 Å². The SMILES string of the molecule is CC(C)c1c(C=C2C(=O)NN=C2c2cnccn2)[nH]c(CO)c1CNC1CC1. The van der Waals surface area contributed by atoms with Gasteiger partial charge in [0.1, 0.15) is 11.4 Å². The number of carbonyl (C=O) groups is 1. The van der Waals surface area contributed by atoms with Gasteiger partial charge in [0.15, 0.2) is 0 Å². The van der Waals surface area contributed by atoms with Gasteiger partial charge in [-0.05, 0) is 36.0 Å². The van der Waals surface area contributed by atoms with E-state index in [1.807, 2.05) is 0 Å². The molecule has 8 nitrogen and oxygen atoms in total. The number of aliphatic hydroxyl groups is 1. The van der Waals surface area contributed by atoms with Crippen LogP contribution in [-0.4, -0.2) is 37.7 Å². The molecule has 2 aromatic heterocycles. The van der Waals surface area contributed by atoms with Gasteiger partial charge in [-0.3, -0.25) is 14.8 Å². The Bertz CT molecular complexity index is 941. The summed E-state index contributed by atoms with van der Waals surface area (Å²) in [6, 6.07) is 0.569. The van der Waals surface area contributed by atoms with Crippen LogP contribution in [0.5, 0.6) is 0 Å². The van der Waals surface area contributed by atoms with Crippen molar-refractivity contribution in [3.8, 4) is 0 Å². The molecule has 1 aliphatic carbocycles. The molecule has 1 fully saturated rings. The Labute approximate surface area is 163 Å². The van der Waals surface area contributed by atoms with E-state index in [-0.39, 0.29) is 18.4 Å². The number of hydrazone groups is 1. The van der Waals surface area contributed by atoms with Gasteiger partial charge in [0, 0.05) is 36.4 Å². The molecule has 0 atom stereocenters. The van der Waals surface area contributed by atoms with Crippen molar-refractivity contribution in [3.63, 3.8) is 0 Å². The van der Waals surface area contributed by atoms with Crippen LogP contribution in [0.4, 0.5) is 0 Å². The molecule has 1 amide bonds. The number of hydrogen-bond acceptors (Lipinski definition) is 6. The highest BCUT2D eigenvalue weighted by molar-refractivity contribution is 6.32. The van der Waals surface area contributed by atoms with E-state index in [1.54, 1.807) is 24.7 Å². The molecule has 8 heteroatoms. The number of aromatic nitrogens is 3. The molecule has 0 spiro atoms. The molecule has 0 aromatic carbocycles. The molecule has 0 unspecified atom stereocenters. The van der Waals surface area contributed by atoms with Crippen LogP contribution in [0.3, 0.4) is 0 Å². The van der Waals surface area contributed by atoms with Gasteiger partial charge < -0.3 is 15.4 Å². The number of nitrogens with zero attached hydrogens (tertiary/aromatic N) is 3. The van der Waals surface area contributed by atoms with E-state index in [0.29, 0.717) is 29.6 Å². The second-order valence-corrected chi connectivity index (χ2v) is 7.43. The summed E-state index contributed by atoms with van der Waals surface area (Å²) in [6.45, 7) is 4.84. The van der Waals surface area contributed by atoms with E-state index in [4.69, 9.17) is 0 Å². The van der Waals surface area contributed by atoms with Crippen LogP contribution in [0, 0.1) is 0 Å². The topological polar surface area (TPSA) is 115 Å². The third kappa shape index (κ3) is 3.61. The zero-order chi connectivity index (χ0) is 19.7. The van der Waals surface area contributed by atoms with Gasteiger partial charge in [-0.1, -0.05) is 13.8 Å². The second kappa shape index (κ2) is 7.65. The average molecular weight is 380 g/mol. The molecule has 0 radical (unpaired) electrons. The molecule has 0 bridgehead atoms. The van der Waals surface area contributed by atoms with E-state index in [2.05, 4.69) is 44.6 Å². The Hall–Kier alpha value is -2.84. The zero-order valence-electron chi connectivity index (χ0n) is 16.0. The maximum atomic E-state index is 12.4. The van der Waals surface area contributed by atoms with Crippen molar-refractivity contribution < 1.29 is 9.90 Å². The van der Waals surface area contributed by atoms with Gasteiger partial charge in [-0.15, -0.1) is 0 Å². The Morgan fingerprint density at radius 1 is 1.36 bits per heavy atom. The maximum absolute atomic E-state index is 12.4. The lowest BCUT2D eigenvalue weighted by Crippen LogP contribution is -2.17. The van der Waals surface area contributed by atoms with Crippen LogP contribution in [0.2, 0.25) is 0 Å². The summed E-state index contributed by atoms with van der Waals surface area (Å²) < 4.78 is 0. The third-order valence-corrected chi connectivity index (χ3v) is 5.01. The molecule has 1 aliphatic heterocycles. The van der Waals surface area contributed by atoms with E-state index in [9.17, 15) is 9.90 Å². The first kappa shape index (κ1) is 18.5. The second-order valence-electron chi connectivity index (χ2n) is 7.43. The van der Waals surface area contributed by atoms with Crippen molar-refractivity contribution in [2.45, 2.75) is 51.8 Å². The number of aromatic amines is 1. The Morgan fingerprint density at radius 2 is 2.18 bits per heavy atom. The smallest absolute Gasteiger partial charge is 0.273 e. The van der Waals surface area contributed by atoms with E-state index in [1.165, 1.54) is 12.8 Å². The van der Waals surface area contributed by atoms with Gasteiger partial charge in [0.25, 0.3) is 5.91 Å². The summed E-state index contributed by atoms with van der Waals surface area (Å²) in [5.41, 5.74) is 7.70. The minimum absolute atomic E-state index is 0.0815. The fraction of sp³-hybridized carbons (Fsp3) is 0.400. The van der Waals surface area contributed by atoms with Gasteiger partial charge in [0.2, 0.25) is 0 Å². The first-order valence-corrected chi connectivity index (χ1v) is 9.52. The van der Waals surface area contributed by atoms with Gasteiger partial charge in [-0.2, -0.15) is 5.10 Å². The van der Waals surface area contributed by atoms with E-state index >= 15 is 0 Å². The van der Waals surface area contributed by atoms with Crippen molar-refractivity contribution in [1.29, 1.82) is 0 Å². The molecule has 28 heavy (non-hydrogen) atoms. The van der Waals surface area contributed by atoms with Crippen LogP contribution in [0.25, 0.3) is 6.08 Å². The number of amides is 1. The molecule has 0 saturated heterocycles. The summed E-state index contributed by atoms with van der Waals surface area (Å²) in [5, 5.41) is 17.5. The van der Waals surface area contributed by atoms with E-state index < -0.39 is 0 Å². The largest absolute Gasteiger partial charge is 0.390 e. The fourth-order valence-corrected chi connectivity index (χ4v) is 3.50. The lowest BCUT2D eigenvalue weighted by atomic mass is 9.95. The quantitative estimate of drug-likeness (QED) is 0.545. The molecule has 4 rings (SSSR count). The molecule has 2 aromatic rings. The number of rotatable bonds is 7. The monoisotopic (exact) mass is 380 g/mol. The lowest BCUT2D eigenvalue weighted by molar-refractivity contribution is -0.116. The highest BCUT2D eigenvalue weighted by Crippen LogP contribution is 2.31. The average Bonchev–Trinajstić information content (AvgIpc) is 3.36. The van der Waals surface area contributed by atoms with Crippen molar-refractivity contribution in [2.24, 2.45) is 5.10 Å². The van der Waals surface area contributed by atoms with Crippen LogP contribution >= 0.6 is 0 Å². The van der Waals surface area contributed by atoms with Crippen molar-refractivity contribution in [3.05, 3.63) is 52.4 Å². The molecule has 2 aliphatic rings. The highest BCUT2D eigenvalue weighted by atomic mass is 16.3. The molecule has 3 heterocycles. The minimum atomic E-state index is -0.284. The number of carbonyl (C=O) groups excluding carboxylic acids is 1. The zero-order valence-corrected chi connectivity index (χ0v) is 16.0. The normalized spacial score (nSPS) is 18.1. The number of H-pyrrole nitrogens is 1. The van der Waals surface area contributed by atoms with Crippen LogP contribution < -0.4 is 10.7 Å².